The molecule has 0 saturated heterocycles. The number of aromatic nitrogens is 3. The molecule has 1 aromatic heterocycles. The highest BCUT2D eigenvalue weighted by atomic mass is 79.9. The number of halogens is 1. The molecule has 9 heteroatoms. The van der Waals surface area contributed by atoms with Gasteiger partial charge in [0, 0.05) is 16.6 Å². The number of hydrogen-bond donors (Lipinski definition) is 2. The molecule has 1 atom stereocenters. The molecule has 1 heterocycles. The summed E-state index contributed by atoms with van der Waals surface area (Å²) in [5, 5.41) is 15.0. The van der Waals surface area contributed by atoms with Gasteiger partial charge in [-0.1, -0.05) is 36.0 Å². The molecule has 0 bridgehead atoms. The van der Waals surface area contributed by atoms with Gasteiger partial charge in [-0.25, -0.2) is 0 Å². The van der Waals surface area contributed by atoms with Crippen LogP contribution in [-0.2, 0) is 11.3 Å². The second-order valence-corrected chi connectivity index (χ2v) is 9.35. The number of benzene rings is 2. The summed E-state index contributed by atoms with van der Waals surface area (Å²) in [6.45, 7) is 10.1. The van der Waals surface area contributed by atoms with E-state index in [1.165, 1.54) is 11.8 Å². The quantitative estimate of drug-likeness (QED) is 0.299. The van der Waals surface area contributed by atoms with Gasteiger partial charge in [-0.3, -0.25) is 9.59 Å². The lowest BCUT2D eigenvalue weighted by atomic mass is 10.1. The lowest BCUT2D eigenvalue weighted by Crippen LogP contribution is -2.28. The van der Waals surface area contributed by atoms with Crippen LogP contribution in [0.3, 0.4) is 0 Å². The minimum Gasteiger partial charge on any atom is -0.342 e. The van der Waals surface area contributed by atoms with E-state index < -0.39 is 0 Å². The van der Waals surface area contributed by atoms with Crippen LogP contribution in [0.4, 0.5) is 5.69 Å². The van der Waals surface area contributed by atoms with Gasteiger partial charge in [0.1, 0.15) is 0 Å². The van der Waals surface area contributed by atoms with Crippen LogP contribution in [0, 0.1) is 13.8 Å². The van der Waals surface area contributed by atoms with Gasteiger partial charge in [-0.2, -0.15) is 0 Å². The number of nitrogens with zero attached hydrogens (tertiary/aromatic N) is 3. The van der Waals surface area contributed by atoms with Gasteiger partial charge in [0.25, 0.3) is 5.91 Å². The Hall–Kier alpha value is -2.91. The fourth-order valence-corrected chi connectivity index (χ4v) is 4.47. The van der Waals surface area contributed by atoms with Gasteiger partial charge in [0.05, 0.1) is 17.5 Å². The molecule has 2 amide bonds. The SMILES string of the molecule is C=CCn1c(SCC(=O)Nc2cc(C)c(C)cc2Br)nnc1[C@@H](C)NC(=O)c1ccccc1. The summed E-state index contributed by atoms with van der Waals surface area (Å²) in [6.07, 6.45) is 1.73. The number of nitrogens with one attached hydrogen (secondary N) is 2. The van der Waals surface area contributed by atoms with Crippen LogP contribution in [0.1, 0.15) is 40.3 Å². The van der Waals surface area contributed by atoms with Crippen LogP contribution in [0.25, 0.3) is 0 Å². The molecule has 3 aromatic rings. The van der Waals surface area contributed by atoms with Gasteiger partial charge in [-0.15, -0.1) is 16.8 Å². The van der Waals surface area contributed by atoms with Crippen molar-refractivity contribution in [3.05, 3.63) is 82.1 Å². The number of aryl methyl sites for hydroxylation is 2. The van der Waals surface area contributed by atoms with Gasteiger partial charge >= 0.3 is 0 Å². The molecular weight excluding hydrogens is 502 g/mol. The minimum absolute atomic E-state index is 0.149. The number of hydrogen-bond acceptors (Lipinski definition) is 5. The second kappa shape index (κ2) is 11.3. The van der Waals surface area contributed by atoms with E-state index in [9.17, 15) is 9.59 Å². The smallest absolute Gasteiger partial charge is 0.251 e. The fourth-order valence-electron chi connectivity index (χ4n) is 3.16. The molecule has 0 spiro atoms. The second-order valence-electron chi connectivity index (χ2n) is 7.55. The molecule has 0 aliphatic rings. The van der Waals surface area contributed by atoms with Crippen molar-refractivity contribution in [2.24, 2.45) is 0 Å². The van der Waals surface area contributed by atoms with Crippen LogP contribution in [0.15, 0.2) is 64.7 Å². The Morgan fingerprint density at radius 2 is 1.88 bits per heavy atom. The fraction of sp³-hybridized carbons (Fsp3) is 0.250. The van der Waals surface area contributed by atoms with Gasteiger partial charge in [0.15, 0.2) is 11.0 Å². The summed E-state index contributed by atoms with van der Waals surface area (Å²) in [4.78, 5) is 25.1. The van der Waals surface area contributed by atoms with Crippen molar-refractivity contribution in [2.75, 3.05) is 11.1 Å². The van der Waals surface area contributed by atoms with Crippen LogP contribution in [-0.4, -0.2) is 32.3 Å². The molecule has 33 heavy (non-hydrogen) atoms. The van der Waals surface area contributed by atoms with Gasteiger partial charge in [-0.05, 0) is 72.1 Å². The van der Waals surface area contributed by atoms with Crippen molar-refractivity contribution in [1.29, 1.82) is 0 Å². The predicted molar refractivity (Wildman–Crippen MR) is 136 cm³/mol. The van der Waals surface area contributed by atoms with Crippen LogP contribution in [0.5, 0.6) is 0 Å². The molecular formula is C24H26BrN5O2S. The molecule has 172 valence electrons. The molecule has 3 rings (SSSR count). The molecule has 2 N–H and O–H groups in total. The number of anilines is 1. The van der Waals surface area contributed by atoms with E-state index in [1.807, 2.05) is 55.7 Å². The van der Waals surface area contributed by atoms with E-state index in [1.54, 1.807) is 18.2 Å². The van der Waals surface area contributed by atoms with Crippen molar-refractivity contribution >= 4 is 45.2 Å². The zero-order valence-electron chi connectivity index (χ0n) is 18.8. The highest BCUT2D eigenvalue weighted by Gasteiger charge is 2.20. The predicted octanol–water partition coefficient (Wildman–Crippen LogP) is 5.07. The Balaban J connectivity index is 1.67. The highest BCUT2D eigenvalue weighted by Crippen LogP contribution is 2.27. The van der Waals surface area contributed by atoms with Crippen LogP contribution < -0.4 is 10.6 Å². The maximum Gasteiger partial charge on any atom is 0.251 e. The summed E-state index contributed by atoms with van der Waals surface area (Å²) in [7, 11) is 0. The maximum absolute atomic E-state index is 12.6. The first-order chi connectivity index (χ1) is 15.8. The van der Waals surface area contributed by atoms with E-state index in [0.717, 1.165) is 21.3 Å². The van der Waals surface area contributed by atoms with Crippen molar-refractivity contribution in [3.8, 4) is 0 Å². The average Bonchev–Trinajstić information content (AvgIpc) is 3.19. The van der Waals surface area contributed by atoms with E-state index in [2.05, 4.69) is 43.3 Å². The first-order valence-corrected chi connectivity index (χ1v) is 12.2. The Morgan fingerprint density at radius 3 is 2.58 bits per heavy atom. The third-order valence-electron chi connectivity index (χ3n) is 5.02. The zero-order valence-corrected chi connectivity index (χ0v) is 21.2. The van der Waals surface area contributed by atoms with Gasteiger partial charge in [0.2, 0.25) is 5.91 Å². The molecule has 0 aliphatic heterocycles. The normalized spacial score (nSPS) is 11.6. The lowest BCUT2D eigenvalue weighted by Gasteiger charge is -2.15. The number of carbonyl (C=O) groups is 2. The zero-order chi connectivity index (χ0) is 24.0. The molecule has 0 saturated carbocycles. The number of allylic oxidation sites excluding steroid dienone is 1. The molecule has 7 nitrogen and oxygen atoms in total. The maximum atomic E-state index is 12.6. The molecule has 0 unspecified atom stereocenters. The Kier molecular flexibility index (Phi) is 8.46. The Morgan fingerprint density at radius 1 is 1.18 bits per heavy atom. The summed E-state index contributed by atoms with van der Waals surface area (Å²) in [5.74, 6) is 0.422. The number of carbonyl (C=O) groups excluding carboxylic acids is 2. The molecule has 2 aromatic carbocycles. The molecule has 0 fully saturated rings. The lowest BCUT2D eigenvalue weighted by molar-refractivity contribution is -0.113. The molecule has 0 aliphatic carbocycles. The third kappa shape index (κ3) is 6.33. The summed E-state index contributed by atoms with van der Waals surface area (Å²) in [6, 6.07) is 12.5. The monoisotopic (exact) mass is 527 g/mol. The largest absolute Gasteiger partial charge is 0.342 e. The number of rotatable bonds is 9. The Bertz CT molecular complexity index is 1160. The summed E-state index contributed by atoms with van der Waals surface area (Å²) in [5.41, 5.74) is 3.55. The van der Waals surface area contributed by atoms with Gasteiger partial charge < -0.3 is 15.2 Å². The topological polar surface area (TPSA) is 88.9 Å². The highest BCUT2D eigenvalue weighted by molar-refractivity contribution is 9.10. The van der Waals surface area contributed by atoms with Crippen LogP contribution >= 0.6 is 27.7 Å². The van der Waals surface area contributed by atoms with Crippen molar-refractivity contribution in [2.45, 2.75) is 38.5 Å². The molecule has 0 radical (unpaired) electrons. The van der Waals surface area contributed by atoms with E-state index in [-0.39, 0.29) is 23.6 Å². The van der Waals surface area contributed by atoms with Crippen LogP contribution in [0.2, 0.25) is 0 Å². The van der Waals surface area contributed by atoms with Crippen molar-refractivity contribution in [1.82, 2.24) is 20.1 Å². The first kappa shape index (κ1) is 24.7. The summed E-state index contributed by atoms with van der Waals surface area (Å²) < 4.78 is 2.69. The number of amides is 2. The summed E-state index contributed by atoms with van der Waals surface area (Å²) >= 11 is 4.78. The minimum atomic E-state index is -0.375. The van der Waals surface area contributed by atoms with E-state index in [0.29, 0.717) is 23.1 Å². The van der Waals surface area contributed by atoms with E-state index >= 15 is 0 Å². The third-order valence-corrected chi connectivity index (χ3v) is 6.64. The van der Waals surface area contributed by atoms with Crippen molar-refractivity contribution in [3.63, 3.8) is 0 Å². The first-order valence-electron chi connectivity index (χ1n) is 10.4. The van der Waals surface area contributed by atoms with E-state index in [4.69, 9.17) is 0 Å². The number of thioether (sulfide) groups is 1. The van der Waals surface area contributed by atoms with Crippen molar-refractivity contribution < 1.29 is 9.59 Å². The average molecular weight is 528 g/mol. The standard InChI is InChI=1S/C24H26BrN5O2S/c1-5-11-30-22(17(4)26-23(32)18-9-7-6-8-10-18)28-29-24(30)33-14-21(31)27-20-13-16(3)15(2)12-19(20)25/h5-10,12-13,17H,1,11,14H2,2-4H3,(H,26,32)(H,27,31)/t17-/m1/s1. The Labute approximate surface area is 206 Å².